The number of nitrogens with zero attached hydrogens (tertiary/aromatic N) is 2. The van der Waals surface area contributed by atoms with Crippen LogP contribution in [0.2, 0.25) is 0 Å². The zero-order valence-corrected chi connectivity index (χ0v) is 18.1. The maximum atomic E-state index is 12.5. The molecule has 0 fully saturated rings. The molecule has 9 heteroatoms. The third-order valence-corrected chi connectivity index (χ3v) is 4.85. The van der Waals surface area contributed by atoms with Gasteiger partial charge in [-0.1, -0.05) is 15.9 Å². The van der Waals surface area contributed by atoms with Crippen molar-refractivity contribution in [2.45, 2.75) is 13.5 Å². The van der Waals surface area contributed by atoms with Gasteiger partial charge in [0.15, 0.2) is 0 Å². The largest absolute Gasteiger partial charge is 0.496 e. The van der Waals surface area contributed by atoms with E-state index in [1.807, 2.05) is 18.2 Å². The van der Waals surface area contributed by atoms with E-state index in [-0.39, 0.29) is 23.9 Å². The number of nitrogen functional groups attached to an aromatic ring is 1. The second-order valence-corrected chi connectivity index (χ2v) is 7.18. The van der Waals surface area contributed by atoms with E-state index in [1.165, 1.54) is 10.9 Å². The molecule has 0 aliphatic carbocycles. The van der Waals surface area contributed by atoms with Crippen LogP contribution >= 0.6 is 15.9 Å². The van der Waals surface area contributed by atoms with E-state index in [1.54, 1.807) is 38.3 Å². The summed E-state index contributed by atoms with van der Waals surface area (Å²) in [5, 5.41) is 7.01. The fourth-order valence-electron chi connectivity index (χ4n) is 2.85. The SMILES string of the molecule is CCOC(=O)c1cnn(-c2ccc(C(=O)NCc3cc(Br)ccc3OC)cc2)c1N. The lowest BCUT2D eigenvalue weighted by atomic mass is 10.1. The maximum Gasteiger partial charge on any atom is 0.343 e. The molecule has 0 spiro atoms. The van der Waals surface area contributed by atoms with Gasteiger partial charge in [0.05, 0.1) is 25.6 Å². The van der Waals surface area contributed by atoms with Crippen molar-refractivity contribution < 1.29 is 19.1 Å². The fourth-order valence-corrected chi connectivity index (χ4v) is 3.26. The van der Waals surface area contributed by atoms with Gasteiger partial charge in [0.1, 0.15) is 17.1 Å². The molecule has 0 aliphatic rings. The topological polar surface area (TPSA) is 108 Å². The van der Waals surface area contributed by atoms with E-state index in [2.05, 4.69) is 26.3 Å². The minimum absolute atomic E-state index is 0.174. The molecule has 1 amide bonds. The van der Waals surface area contributed by atoms with Crippen LogP contribution in [0.4, 0.5) is 5.82 Å². The summed E-state index contributed by atoms with van der Waals surface area (Å²) in [6.45, 7) is 2.28. The van der Waals surface area contributed by atoms with Crippen LogP contribution in [0.1, 0.15) is 33.2 Å². The van der Waals surface area contributed by atoms with Crippen LogP contribution in [0, 0.1) is 0 Å². The predicted molar refractivity (Wildman–Crippen MR) is 116 cm³/mol. The Kier molecular flexibility index (Phi) is 6.73. The van der Waals surface area contributed by atoms with Gasteiger partial charge in [0.2, 0.25) is 0 Å². The first-order valence-corrected chi connectivity index (χ1v) is 9.95. The summed E-state index contributed by atoms with van der Waals surface area (Å²) in [7, 11) is 1.58. The first-order valence-electron chi connectivity index (χ1n) is 9.16. The number of rotatable bonds is 7. The van der Waals surface area contributed by atoms with Crippen LogP contribution in [0.5, 0.6) is 5.75 Å². The molecule has 0 saturated heterocycles. The van der Waals surface area contributed by atoms with Crippen LogP contribution in [-0.4, -0.2) is 35.4 Å². The third-order valence-electron chi connectivity index (χ3n) is 4.36. The number of carbonyl (C=O) groups excluding carboxylic acids is 2. The van der Waals surface area contributed by atoms with Crippen molar-refractivity contribution in [2.75, 3.05) is 19.5 Å². The van der Waals surface area contributed by atoms with Crippen molar-refractivity contribution in [3.63, 3.8) is 0 Å². The molecule has 0 unspecified atom stereocenters. The van der Waals surface area contributed by atoms with E-state index in [0.29, 0.717) is 23.5 Å². The number of amides is 1. The van der Waals surface area contributed by atoms with Gasteiger partial charge in [0.25, 0.3) is 5.91 Å². The lowest BCUT2D eigenvalue weighted by Crippen LogP contribution is -2.23. The maximum absolute atomic E-state index is 12.5. The number of nitrogens with one attached hydrogen (secondary N) is 1. The zero-order valence-electron chi connectivity index (χ0n) is 16.5. The highest BCUT2D eigenvalue weighted by molar-refractivity contribution is 9.10. The van der Waals surface area contributed by atoms with Crippen molar-refractivity contribution in [3.8, 4) is 11.4 Å². The molecule has 3 N–H and O–H groups in total. The molecule has 2 aromatic carbocycles. The number of hydrogen-bond acceptors (Lipinski definition) is 6. The Labute approximate surface area is 182 Å². The van der Waals surface area contributed by atoms with Crippen molar-refractivity contribution in [2.24, 2.45) is 0 Å². The molecule has 30 heavy (non-hydrogen) atoms. The summed E-state index contributed by atoms with van der Waals surface area (Å²) in [4.78, 5) is 24.4. The molecule has 0 bridgehead atoms. The highest BCUT2D eigenvalue weighted by Crippen LogP contribution is 2.23. The molecule has 3 rings (SSSR count). The number of hydrogen-bond donors (Lipinski definition) is 2. The van der Waals surface area contributed by atoms with Gasteiger partial charge in [-0.3, -0.25) is 4.79 Å². The Morgan fingerprint density at radius 2 is 1.93 bits per heavy atom. The van der Waals surface area contributed by atoms with Crippen molar-refractivity contribution in [1.29, 1.82) is 0 Å². The van der Waals surface area contributed by atoms with Crippen LogP contribution in [0.15, 0.2) is 53.1 Å². The molecule has 1 aromatic heterocycles. The van der Waals surface area contributed by atoms with Gasteiger partial charge in [-0.25, -0.2) is 9.48 Å². The van der Waals surface area contributed by atoms with Crippen LogP contribution in [-0.2, 0) is 11.3 Å². The second kappa shape index (κ2) is 9.45. The molecular weight excluding hydrogens is 452 g/mol. The van der Waals surface area contributed by atoms with E-state index in [4.69, 9.17) is 15.2 Å². The standard InChI is InChI=1S/C21H21BrN4O4/c1-3-30-21(28)17-12-25-26(19(17)23)16-7-4-13(5-8-16)20(27)24-11-14-10-15(22)6-9-18(14)29-2/h4-10,12H,3,11,23H2,1-2H3,(H,24,27). The van der Waals surface area contributed by atoms with Crippen LogP contribution in [0.25, 0.3) is 5.69 Å². The number of methoxy groups -OCH3 is 1. The molecule has 0 atom stereocenters. The van der Waals surface area contributed by atoms with Gasteiger partial charge >= 0.3 is 5.97 Å². The number of halogens is 1. The first-order chi connectivity index (χ1) is 14.4. The van der Waals surface area contributed by atoms with Crippen molar-refractivity contribution >= 4 is 33.6 Å². The summed E-state index contributed by atoms with van der Waals surface area (Å²) >= 11 is 3.42. The molecule has 3 aromatic rings. The van der Waals surface area contributed by atoms with E-state index in [0.717, 1.165) is 10.0 Å². The van der Waals surface area contributed by atoms with E-state index >= 15 is 0 Å². The lowest BCUT2D eigenvalue weighted by molar-refractivity contribution is 0.0527. The molecule has 0 aliphatic heterocycles. The third kappa shape index (κ3) is 4.62. The van der Waals surface area contributed by atoms with Crippen molar-refractivity contribution in [3.05, 3.63) is 69.8 Å². The van der Waals surface area contributed by atoms with E-state index in [9.17, 15) is 9.59 Å². The highest BCUT2D eigenvalue weighted by atomic mass is 79.9. The quantitative estimate of drug-likeness (QED) is 0.510. The monoisotopic (exact) mass is 472 g/mol. The Morgan fingerprint density at radius 1 is 1.20 bits per heavy atom. The van der Waals surface area contributed by atoms with Gasteiger partial charge in [-0.2, -0.15) is 5.10 Å². The number of nitrogens with two attached hydrogens (primary N) is 1. The molecule has 156 valence electrons. The summed E-state index contributed by atoms with van der Waals surface area (Å²) in [5.41, 5.74) is 8.17. The average Bonchev–Trinajstić information content (AvgIpc) is 3.13. The summed E-state index contributed by atoms with van der Waals surface area (Å²) < 4.78 is 12.6. The smallest absolute Gasteiger partial charge is 0.343 e. The Morgan fingerprint density at radius 3 is 2.60 bits per heavy atom. The molecular formula is C21H21BrN4O4. The van der Waals surface area contributed by atoms with Crippen LogP contribution < -0.4 is 15.8 Å². The Hall–Kier alpha value is -3.33. The van der Waals surface area contributed by atoms with Gasteiger partial charge in [-0.15, -0.1) is 0 Å². The highest BCUT2D eigenvalue weighted by Gasteiger charge is 2.17. The summed E-state index contributed by atoms with van der Waals surface area (Å²) in [6, 6.07) is 12.3. The minimum atomic E-state index is -0.528. The Balaban J connectivity index is 1.71. The summed E-state index contributed by atoms with van der Waals surface area (Å²) in [5.74, 6) is 0.109. The fraction of sp³-hybridized carbons (Fsp3) is 0.190. The van der Waals surface area contributed by atoms with Crippen molar-refractivity contribution in [1.82, 2.24) is 15.1 Å². The lowest BCUT2D eigenvalue weighted by Gasteiger charge is -2.11. The second-order valence-electron chi connectivity index (χ2n) is 6.26. The Bertz CT molecular complexity index is 1060. The van der Waals surface area contributed by atoms with Gasteiger partial charge in [-0.05, 0) is 49.4 Å². The number of aromatic nitrogens is 2. The van der Waals surface area contributed by atoms with E-state index < -0.39 is 5.97 Å². The number of benzene rings is 2. The van der Waals surface area contributed by atoms with Gasteiger partial charge < -0.3 is 20.5 Å². The van der Waals surface area contributed by atoms with Gasteiger partial charge in [0, 0.05) is 22.1 Å². The molecule has 8 nitrogen and oxygen atoms in total. The number of esters is 1. The number of anilines is 1. The molecule has 0 saturated carbocycles. The number of carbonyl (C=O) groups is 2. The zero-order chi connectivity index (χ0) is 21.7. The minimum Gasteiger partial charge on any atom is -0.496 e. The predicted octanol–water partition coefficient (Wildman–Crippen LogP) is 3.33. The molecule has 0 radical (unpaired) electrons. The number of ether oxygens (including phenoxy) is 2. The summed E-state index contributed by atoms with van der Waals surface area (Å²) in [6.07, 6.45) is 1.36. The normalized spacial score (nSPS) is 10.5. The van der Waals surface area contributed by atoms with Crippen LogP contribution in [0.3, 0.4) is 0 Å². The average molecular weight is 473 g/mol. The molecule has 1 heterocycles. The first kappa shape index (κ1) is 21.4.